The Kier molecular flexibility index (Phi) is 6.97. The molecule has 26 heavy (non-hydrogen) atoms. The number of ether oxygens (including phenoxy) is 1. The van der Waals surface area contributed by atoms with E-state index in [2.05, 4.69) is 16.3 Å². The maximum absolute atomic E-state index is 11.2. The van der Waals surface area contributed by atoms with Crippen LogP contribution in [0.1, 0.15) is 22.7 Å². The van der Waals surface area contributed by atoms with Crippen molar-refractivity contribution in [3.8, 4) is 5.75 Å². The van der Waals surface area contributed by atoms with Gasteiger partial charge >= 0.3 is 0 Å². The third-order valence-electron chi connectivity index (χ3n) is 4.71. The van der Waals surface area contributed by atoms with Crippen LogP contribution in [0.4, 0.5) is 5.69 Å². The maximum Gasteiger partial charge on any atom is 0.272 e. The molecule has 0 bridgehead atoms. The van der Waals surface area contributed by atoms with E-state index in [0.717, 1.165) is 36.5 Å². The highest BCUT2D eigenvalue weighted by Gasteiger charge is 2.26. The second-order valence-corrected chi connectivity index (χ2v) is 6.31. The third-order valence-corrected chi connectivity index (χ3v) is 4.71. The van der Waals surface area contributed by atoms with E-state index < -0.39 is 0 Å². The van der Waals surface area contributed by atoms with E-state index in [1.54, 1.807) is 20.1 Å². The first-order chi connectivity index (χ1) is 12.1. The molecule has 0 radical (unpaired) electrons. The first-order valence-electron chi connectivity index (χ1n) is 8.41. The Morgan fingerprint density at radius 3 is 2.81 bits per heavy atom. The molecule has 0 spiro atoms. The van der Waals surface area contributed by atoms with Gasteiger partial charge in [0, 0.05) is 43.4 Å². The molecule has 7 heteroatoms. The van der Waals surface area contributed by atoms with Crippen molar-refractivity contribution >= 4 is 18.1 Å². The summed E-state index contributed by atoms with van der Waals surface area (Å²) in [5, 5.41) is 14.6. The van der Waals surface area contributed by atoms with Crippen LogP contribution in [0.25, 0.3) is 0 Å². The Morgan fingerprint density at radius 2 is 2.08 bits per heavy atom. The number of nitro groups is 1. The Hall–Kier alpha value is -2.15. The summed E-state index contributed by atoms with van der Waals surface area (Å²) in [7, 11) is 1.68. The number of para-hydroxylation sites is 1. The molecule has 0 saturated carbocycles. The Balaban J connectivity index is 0.00000243. The van der Waals surface area contributed by atoms with Gasteiger partial charge in [0.2, 0.25) is 0 Å². The minimum atomic E-state index is -0.311. The van der Waals surface area contributed by atoms with Gasteiger partial charge in [-0.1, -0.05) is 30.3 Å². The number of rotatable bonds is 5. The molecule has 1 saturated heterocycles. The normalized spacial score (nSPS) is 17.4. The third kappa shape index (κ3) is 4.33. The fraction of sp³-hybridized carbons (Fsp3) is 0.368. The van der Waals surface area contributed by atoms with Crippen molar-refractivity contribution in [1.29, 1.82) is 0 Å². The van der Waals surface area contributed by atoms with Gasteiger partial charge < -0.3 is 10.1 Å². The monoisotopic (exact) mass is 377 g/mol. The second kappa shape index (κ2) is 8.98. The zero-order valence-corrected chi connectivity index (χ0v) is 15.8. The van der Waals surface area contributed by atoms with E-state index in [1.165, 1.54) is 0 Å². The van der Waals surface area contributed by atoms with E-state index in [1.807, 2.05) is 30.3 Å². The fourth-order valence-electron chi connectivity index (χ4n) is 3.37. The van der Waals surface area contributed by atoms with E-state index in [0.29, 0.717) is 12.1 Å². The van der Waals surface area contributed by atoms with E-state index in [-0.39, 0.29) is 29.1 Å². The molecule has 140 valence electrons. The average molecular weight is 378 g/mol. The SMILES string of the molecule is COc1ccccc1C1CNCCN1Cc1ccc(C)c([N+](=O)[O-])c1.Cl. The number of nitrogens with zero attached hydrogens (tertiary/aromatic N) is 2. The zero-order valence-electron chi connectivity index (χ0n) is 15.0. The van der Waals surface area contributed by atoms with Gasteiger partial charge in [-0.15, -0.1) is 12.4 Å². The van der Waals surface area contributed by atoms with E-state index in [9.17, 15) is 10.1 Å². The molecule has 1 heterocycles. The summed E-state index contributed by atoms with van der Waals surface area (Å²) in [6.07, 6.45) is 0. The average Bonchev–Trinajstić information content (AvgIpc) is 2.63. The predicted octanol–water partition coefficient (Wildman–Crippen LogP) is 3.48. The van der Waals surface area contributed by atoms with Gasteiger partial charge in [0.25, 0.3) is 5.69 Å². The topological polar surface area (TPSA) is 67.6 Å². The summed E-state index contributed by atoms with van der Waals surface area (Å²) in [6, 6.07) is 13.7. The van der Waals surface area contributed by atoms with Gasteiger partial charge in [-0.25, -0.2) is 0 Å². The Morgan fingerprint density at radius 1 is 1.31 bits per heavy atom. The first kappa shape index (κ1) is 20.2. The molecule has 1 aliphatic heterocycles. The minimum Gasteiger partial charge on any atom is -0.496 e. The van der Waals surface area contributed by atoms with Crippen molar-refractivity contribution < 1.29 is 9.66 Å². The molecule has 1 N–H and O–H groups in total. The van der Waals surface area contributed by atoms with Gasteiger partial charge in [-0.05, 0) is 18.6 Å². The van der Waals surface area contributed by atoms with Gasteiger partial charge in [0.15, 0.2) is 0 Å². The second-order valence-electron chi connectivity index (χ2n) is 6.31. The van der Waals surface area contributed by atoms with Crippen molar-refractivity contribution in [3.63, 3.8) is 0 Å². The molecule has 0 aromatic heterocycles. The highest BCUT2D eigenvalue weighted by atomic mass is 35.5. The summed E-state index contributed by atoms with van der Waals surface area (Å²) in [6.45, 7) is 5.05. The minimum absolute atomic E-state index is 0. The molecule has 2 aromatic carbocycles. The highest BCUT2D eigenvalue weighted by molar-refractivity contribution is 5.85. The van der Waals surface area contributed by atoms with Crippen molar-refractivity contribution in [3.05, 3.63) is 69.3 Å². The molecule has 0 aliphatic carbocycles. The number of nitrogens with one attached hydrogen (secondary N) is 1. The van der Waals surface area contributed by atoms with Crippen molar-refractivity contribution in [2.75, 3.05) is 26.7 Å². The quantitative estimate of drug-likeness (QED) is 0.638. The number of aryl methyl sites for hydroxylation is 1. The predicted molar refractivity (Wildman–Crippen MR) is 104 cm³/mol. The van der Waals surface area contributed by atoms with Crippen molar-refractivity contribution in [1.82, 2.24) is 10.2 Å². The first-order valence-corrected chi connectivity index (χ1v) is 8.41. The van der Waals surface area contributed by atoms with Gasteiger partial charge in [0.05, 0.1) is 18.1 Å². The molecule has 0 amide bonds. The van der Waals surface area contributed by atoms with Crippen LogP contribution in [-0.4, -0.2) is 36.6 Å². The van der Waals surface area contributed by atoms with Crippen LogP contribution in [0.2, 0.25) is 0 Å². The molecule has 1 unspecified atom stereocenters. The maximum atomic E-state index is 11.2. The Bertz CT molecular complexity index is 769. The van der Waals surface area contributed by atoms with Crippen molar-refractivity contribution in [2.24, 2.45) is 0 Å². The summed E-state index contributed by atoms with van der Waals surface area (Å²) < 4.78 is 5.52. The molecule has 6 nitrogen and oxygen atoms in total. The van der Waals surface area contributed by atoms with Crippen LogP contribution < -0.4 is 10.1 Å². The van der Waals surface area contributed by atoms with Crippen LogP contribution >= 0.6 is 12.4 Å². The number of halogens is 1. The van der Waals surface area contributed by atoms with Crippen LogP contribution in [0.15, 0.2) is 42.5 Å². The van der Waals surface area contributed by atoms with Crippen LogP contribution in [0.3, 0.4) is 0 Å². The molecule has 3 rings (SSSR count). The number of methoxy groups -OCH3 is 1. The van der Waals surface area contributed by atoms with Crippen LogP contribution in [0, 0.1) is 17.0 Å². The molecule has 1 atom stereocenters. The van der Waals surface area contributed by atoms with Gasteiger partial charge in [0.1, 0.15) is 5.75 Å². The van der Waals surface area contributed by atoms with Crippen LogP contribution in [0.5, 0.6) is 5.75 Å². The summed E-state index contributed by atoms with van der Waals surface area (Å²) in [4.78, 5) is 13.2. The number of hydrogen-bond donors (Lipinski definition) is 1. The fourth-order valence-corrected chi connectivity index (χ4v) is 3.37. The summed E-state index contributed by atoms with van der Waals surface area (Å²) >= 11 is 0. The molecule has 1 fully saturated rings. The number of piperazine rings is 1. The van der Waals surface area contributed by atoms with Crippen LogP contribution in [-0.2, 0) is 6.54 Å². The number of hydrogen-bond acceptors (Lipinski definition) is 5. The summed E-state index contributed by atoms with van der Waals surface area (Å²) in [5.41, 5.74) is 2.97. The zero-order chi connectivity index (χ0) is 17.8. The molecule has 2 aromatic rings. The molecular formula is C19H24ClN3O3. The molecule has 1 aliphatic rings. The van der Waals surface area contributed by atoms with E-state index in [4.69, 9.17) is 4.74 Å². The highest BCUT2D eigenvalue weighted by Crippen LogP contribution is 2.31. The lowest BCUT2D eigenvalue weighted by Gasteiger charge is -2.37. The number of benzene rings is 2. The van der Waals surface area contributed by atoms with Crippen molar-refractivity contribution in [2.45, 2.75) is 19.5 Å². The van der Waals surface area contributed by atoms with E-state index >= 15 is 0 Å². The summed E-state index contributed by atoms with van der Waals surface area (Å²) in [5.74, 6) is 0.871. The lowest BCUT2D eigenvalue weighted by molar-refractivity contribution is -0.385. The Labute approximate surface area is 159 Å². The lowest BCUT2D eigenvalue weighted by atomic mass is 10.0. The molecular weight excluding hydrogens is 354 g/mol. The van der Waals surface area contributed by atoms with Gasteiger partial charge in [-0.2, -0.15) is 0 Å². The lowest BCUT2D eigenvalue weighted by Crippen LogP contribution is -2.45. The standard InChI is InChI=1S/C19H23N3O3.ClH/c1-14-7-8-15(11-17(14)22(23)24)13-21-10-9-20-12-18(21)16-5-3-4-6-19(16)25-2;/h3-8,11,18,20H,9-10,12-13H2,1-2H3;1H. The largest absolute Gasteiger partial charge is 0.496 e. The number of nitro benzene ring substituents is 1. The smallest absolute Gasteiger partial charge is 0.272 e. The van der Waals surface area contributed by atoms with Gasteiger partial charge in [-0.3, -0.25) is 15.0 Å².